The van der Waals surface area contributed by atoms with Crippen molar-refractivity contribution in [2.45, 2.75) is 226 Å². The lowest BCUT2D eigenvalue weighted by Gasteiger charge is -2.07. The third-order valence-corrected chi connectivity index (χ3v) is 9.10. The van der Waals surface area contributed by atoms with E-state index in [4.69, 9.17) is 0 Å². The van der Waals surface area contributed by atoms with Crippen LogP contribution in [0.25, 0.3) is 0 Å². The fourth-order valence-corrected chi connectivity index (χ4v) is 6.33. The van der Waals surface area contributed by atoms with Crippen molar-refractivity contribution in [2.24, 2.45) is 0 Å². The lowest BCUT2D eigenvalue weighted by molar-refractivity contribution is -0.704. The molecular weight excluding hydrogens is 484 g/mol. The van der Waals surface area contributed by atoms with Gasteiger partial charge in [0.05, 0.1) is 13.1 Å². The minimum atomic E-state index is 1.23. The molecule has 0 saturated heterocycles. The zero-order valence-corrected chi connectivity index (χ0v) is 28.2. The van der Waals surface area contributed by atoms with Crippen LogP contribution in [0.1, 0.15) is 213 Å². The molecule has 236 valence electrons. The van der Waals surface area contributed by atoms with E-state index in [-0.39, 0.29) is 0 Å². The van der Waals surface area contributed by atoms with E-state index >= 15 is 0 Å². The molecule has 1 aromatic heterocycles. The van der Waals surface area contributed by atoms with Crippen LogP contribution in [0.4, 0.5) is 0 Å². The van der Waals surface area contributed by atoms with Gasteiger partial charge in [-0.15, -0.1) is 0 Å². The molecular formula is C38H75N2+. The third kappa shape index (κ3) is 21.9. The van der Waals surface area contributed by atoms with Gasteiger partial charge in [-0.05, 0) is 32.1 Å². The minimum Gasteiger partial charge on any atom is -0.234 e. The van der Waals surface area contributed by atoms with E-state index in [1.165, 1.54) is 206 Å². The Kier molecular flexibility index (Phi) is 27.6. The molecule has 0 spiro atoms. The molecule has 0 atom stereocenters. The van der Waals surface area contributed by atoms with Gasteiger partial charge in [-0.25, -0.2) is 9.13 Å². The van der Waals surface area contributed by atoms with Gasteiger partial charge < -0.3 is 0 Å². The molecule has 1 heterocycles. The summed E-state index contributed by atoms with van der Waals surface area (Å²) in [5, 5.41) is 0. The molecule has 0 aliphatic heterocycles. The van der Waals surface area contributed by atoms with Gasteiger partial charge in [-0.1, -0.05) is 175 Å². The van der Waals surface area contributed by atoms with Gasteiger partial charge in [-0.2, -0.15) is 0 Å². The van der Waals surface area contributed by atoms with Crippen molar-refractivity contribution >= 4 is 0 Å². The monoisotopic (exact) mass is 560 g/mol. The summed E-state index contributed by atoms with van der Waals surface area (Å²) >= 11 is 0. The Hall–Kier alpha value is -0.790. The number of unbranched alkanes of at least 4 members (excludes halogenated alkanes) is 26. The van der Waals surface area contributed by atoms with E-state index in [0.29, 0.717) is 0 Å². The molecule has 0 aliphatic rings. The molecule has 40 heavy (non-hydrogen) atoms. The van der Waals surface area contributed by atoms with Gasteiger partial charge in [-0.3, -0.25) is 0 Å². The molecule has 0 bridgehead atoms. The van der Waals surface area contributed by atoms with Crippen molar-refractivity contribution in [3.05, 3.63) is 18.2 Å². The van der Waals surface area contributed by atoms with Gasteiger partial charge >= 0.3 is 0 Å². The van der Waals surface area contributed by atoms with Gasteiger partial charge in [0.1, 0.15) is 12.4 Å². The molecule has 2 nitrogen and oxygen atoms in total. The molecule has 0 radical (unpaired) electrons. The second-order valence-electron chi connectivity index (χ2n) is 13.0. The second kappa shape index (κ2) is 29.7. The van der Waals surface area contributed by atoms with Crippen LogP contribution in [-0.4, -0.2) is 4.57 Å². The van der Waals surface area contributed by atoms with Crippen LogP contribution in [0.15, 0.2) is 12.4 Å². The van der Waals surface area contributed by atoms with Crippen LogP contribution in [-0.2, 0) is 19.5 Å². The average molecular weight is 560 g/mol. The first kappa shape index (κ1) is 37.2. The Labute approximate surface area is 253 Å². The fraction of sp³-hybridized carbons (Fsp3) is 0.921. The first-order chi connectivity index (χ1) is 19.8. The highest BCUT2D eigenvalue weighted by Crippen LogP contribution is 2.15. The van der Waals surface area contributed by atoms with Crippen LogP contribution in [0, 0.1) is 0 Å². The first-order valence-corrected chi connectivity index (χ1v) is 18.9. The van der Waals surface area contributed by atoms with E-state index in [1.807, 2.05) is 0 Å². The Bertz CT molecular complexity index is 619. The SMILES string of the molecule is CCCCCCCCCCCCC[n+]1ccn(CCCCCCCCCCC)c1CCCCCCCCCCC. The average Bonchev–Trinajstić information content (AvgIpc) is 3.35. The molecule has 0 saturated carbocycles. The quantitative estimate of drug-likeness (QED) is 0.0613. The minimum absolute atomic E-state index is 1.23. The van der Waals surface area contributed by atoms with Crippen molar-refractivity contribution < 1.29 is 4.57 Å². The Morgan fingerprint density at radius 3 is 1.20 bits per heavy atom. The molecule has 0 amide bonds. The van der Waals surface area contributed by atoms with Crippen molar-refractivity contribution in [1.82, 2.24) is 4.57 Å². The van der Waals surface area contributed by atoms with E-state index < -0.39 is 0 Å². The van der Waals surface area contributed by atoms with Crippen molar-refractivity contribution in [1.29, 1.82) is 0 Å². The molecule has 2 heteroatoms. The van der Waals surface area contributed by atoms with Crippen LogP contribution in [0.2, 0.25) is 0 Å². The van der Waals surface area contributed by atoms with Crippen molar-refractivity contribution in [3.8, 4) is 0 Å². The van der Waals surface area contributed by atoms with Gasteiger partial charge in [0.2, 0.25) is 0 Å². The number of imidazole rings is 1. The number of rotatable bonds is 32. The zero-order valence-electron chi connectivity index (χ0n) is 28.2. The third-order valence-electron chi connectivity index (χ3n) is 9.10. The van der Waals surface area contributed by atoms with E-state index in [0.717, 1.165) is 0 Å². The van der Waals surface area contributed by atoms with Gasteiger partial charge in [0.25, 0.3) is 5.82 Å². The van der Waals surface area contributed by atoms with Crippen molar-refractivity contribution in [3.63, 3.8) is 0 Å². The summed E-state index contributed by atoms with van der Waals surface area (Å²) in [5.74, 6) is 1.62. The standard InChI is InChI=1S/C38H75N2/c1-4-7-10-13-16-19-20-23-26-29-32-35-40-37-36-39(34-31-28-25-22-18-15-12-9-6-3)38(40)33-30-27-24-21-17-14-11-8-5-2/h36-37H,4-35H2,1-3H3/q+1. The highest BCUT2D eigenvalue weighted by molar-refractivity contribution is 4.84. The molecule has 0 aromatic carbocycles. The van der Waals surface area contributed by atoms with E-state index in [9.17, 15) is 0 Å². The number of aromatic nitrogens is 2. The molecule has 0 fully saturated rings. The number of hydrogen-bond donors (Lipinski definition) is 0. The maximum Gasteiger partial charge on any atom is 0.256 e. The normalized spacial score (nSPS) is 11.6. The Morgan fingerprint density at radius 2 is 0.775 bits per heavy atom. The maximum atomic E-state index is 2.63. The summed E-state index contributed by atoms with van der Waals surface area (Å²) in [5.41, 5.74) is 0. The van der Waals surface area contributed by atoms with E-state index in [2.05, 4.69) is 42.3 Å². The van der Waals surface area contributed by atoms with Gasteiger partial charge in [0, 0.05) is 6.42 Å². The lowest BCUT2D eigenvalue weighted by atomic mass is 10.1. The predicted octanol–water partition coefficient (Wildman–Crippen LogP) is 12.7. The van der Waals surface area contributed by atoms with E-state index in [1.54, 1.807) is 5.82 Å². The maximum absolute atomic E-state index is 2.63. The summed E-state index contributed by atoms with van der Waals surface area (Å²) in [6, 6.07) is 0. The second-order valence-corrected chi connectivity index (χ2v) is 13.0. The van der Waals surface area contributed by atoms with Crippen LogP contribution < -0.4 is 4.57 Å². The van der Waals surface area contributed by atoms with Crippen molar-refractivity contribution in [2.75, 3.05) is 0 Å². The highest BCUT2D eigenvalue weighted by atomic mass is 15.1. The highest BCUT2D eigenvalue weighted by Gasteiger charge is 2.16. The van der Waals surface area contributed by atoms with Gasteiger partial charge in [0.15, 0.2) is 0 Å². The van der Waals surface area contributed by atoms with Crippen LogP contribution in [0.5, 0.6) is 0 Å². The molecule has 1 rings (SSSR count). The Morgan fingerprint density at radius 1 is 0.425 bits per heavy atom. The number of nitrogens with zero attached hydrogens (tertiary/aromatic N) is 2. The zero-order chi connectivity index (χ0) is 28.8. The lowest BCUT2D eigenvalue weighted by Crippen LogP contribution is -2.37. The Balaban J connectivity index is 2.32. The summed E-state index contributed by atoms with van der Waals surface area (Å²) in [4.78, 5) is 0. The number of aryl methyl sites for hydroxylation is 2. The fourth-order valence-electron chi connectivity index (χ4n) is 6.33. The first-order valence-electron chi connectivity index (χ1n) is 18.9. The summed E-state index contributed by atoms with van der Waals surface area (Å²) in [6.07, 6.45) is 47.4. The molecule has 1 aromatic rings. The van der Waals surface area contributed by atoms with Crippen LogP contribution in [0.3, 0.4) is 0 Å². The summed E-state index contributed by atoms with van der Waals surface area (Å²) < 4.78 is 5.26. The molecule has 0 N–H and O–H groups in total. The van der Waals surface area contributed by atoms with Crippen LogP contribution >= 0.6 is 0 Å². The molecule has 0 unspecified atom stereocenters. The largest absolute Gasteiger partial charge is 0.256 e. The predicted molar refractivity (Wildman–Crippen MR) is 179 cm³/mol. The smallest absolute Gasteiger partial charge is 0.234 e. The topological polar surface area (TPSA) is 8.81 Å². The molecule has 0 aliphatic carbocycles. The summed E-state index contributed by atoms with van der Waals surface area (Å²) in [7, 11) is 0. The summed E-state index contributed by atoms with van der Waals surface area (Å²) in [6.45, 7) is 9.40. The number of hydrogen-bond acceptors (Lipinski definition) is 0.